The molecule has 0 saturated carbocycles. The van der Waals surface area contributed by atoms with E-state index in [4.69, 9.17) is 4.42 Å². The highest BCUT2D eigenvalue weighted by atomic mass is 32.2. The van der Waals surface area contributed by atoms with E-state index in [-0.39, 0.29) is 0 Å². The summed E-state index contributed by atoms with van der Waals surface area (Å²) in [6.07, 6.45) is 3.32. The molecule has 1 atom stereocenters. The minimum absolute atomic E-state index is 0.632. The molecule has 1 aromatic carbocycles. The fraction of sp³-hybridized carbons (Fsp3) is 0.167. The lowest BCUT2D eigenvalue weighted by Crippen LogP contribution is -1.98. The maximum absolute atomic E-state index is 11.3. The molecule has 0 saturated heterocycles. The summed E-state index contributed by atoms with van der Waals surface area (Å²) in [6.45, 7) is 0.632. The fourth-order valence-corrected chi connectivity index (χ4v) is 1.95. The van der Waals surface area contributed by atoms with Gasteiger partial charge in [0.2, 0.25) is 0 Å². The monoisotopic (exact) mass is 235 g/mol. The molecule has 16 heavy (non-hydrogen) atoms. The maximum Gasteiger partial charge on any atom is 0.122 e. The van der Waals surface area contributed by atoms with E-state index in [0.29, 0.717) is 6.54 Å². The Hall–Kier alpha value is -1.55. The molecule has 2 aromatic rings. The molecule has 84 valence electrons. The molecular weight excluding hydrogens is 222 g/mol. The Kier molecular flexibility index (Phi) is 3.41. The Bertz CT molecular complexity index is 480. The van der Waals surface area contributed by atoms with E-state index in [0.717, 1.165) is 16.3 Å². The third kappa shape index (κ3) is 2.73. The SMILES string of the molecule is CS(=O)c1cccc(NCc2ccco2)c1. The summed E-state index contributed by atoms with van der Waals surface area (Å²) < 4.78 is 16.5. The molecule has 0 aliphatic carbocycles. The third-order valence-corrected chi connectivity index (χ3v) is 3.13. The average molecular weight is 235 g/mol. The van der Waals surface area contributed by atoms with E-state index in [1.165, 1.54) is 0 Å². The van der Waals surface area contributed by atoms with Crippen molar-refractivity contribution in [2.45, 2.75) is 11.4 Å². The second-order valence-corrected chi connectivity index (χ2v) is 4.79. The fourth-order valence-electron chi connectivity index (χ4n) is 1.39. The van der Waals surface area contributed by atoms with E-state index >= 15 is 0 Å². The number of hydrogen-bond acceptors (Lipinski definition) is 3. The third-order valence-electron chi connectivity index (χ3n) is 2.21. The molecule has 0 fully saturated rings. The van der Waals surface area contributed by atoms with Crippen LogP contribution in [0.5, 0.6) is 0 Å². The van der Waals surface area contributed by atoms with Crippen molar-refractivity contribution in [1.29, 1.82) is 0 Å². The number of anilines is 1. The van der Waals surface area contributed by atoms with E-state index in [9.17, 15) is 4.21 Å². The second kappa shape index (κ2) is 4.99. The quantitative estimate of drug-likeness (QED) is 0.885. The Morgan fingerprint density at radius 3 is 2.88 bits per heavy atom. The van der Waals surface area contributed by atoms with Crippen LogP contribution in [0.4, 0.5) is 5.69 Å². The number of hydrogen-bond donors (Lipinski definition) is 1. The Labute approximate surface area is 96.9 Å². The van der Waals surface area contributed by atoms with Gasteiger partial charge < -0.3 is 9.73 Å². The van der Waals surface area contributed by atoms with Gasteiger partial charge in [0.05, 0.1) is 12.8 Å². The summed E-state index contributed by atoms with van der Waals surface area (Å²) in [5.74, 6) is 0.878. The van der Waals surface area contributed by atoms with Gasteiger partial charge in [0.15, 0.2) is 0 Å². The minimum atomic E-state index is -0.943. The van der Waals surface area contributed by atoms with Crippen LogP contribution in [0.3, 0.4) is 0 Å². The molecule has 0 aliphatic rings. The molecule has 0 spiro atoms. The van der Waals surface area contributed by atoms with Crippen molar-refractivity contribution in [3.05, 3.63) is 48.4 Å². The van der Waals surface area contributed by atoms with Gasteiger partial charge >= 0.3 is 0 Å². The van der Waals surface area contributed by atoms with Crippen molar-refractivity contribution >= 4 is 16.5 Å². The number of furan rings is 1. The molecule has 0 amide bonds. The molecule has 0 bridgehead atoms. The zero-order chi connectivity index (χ0) is 11.4. The predicted octanol–water partition coefficient (Wildman–Crippen LogP) is 2.63. The smallest absolute Gasteiger partial charge is 0.122 e. The molecule has 3 nitrogen and oxygen atoms in total. The summed E-state index contributed by atoms with van der Waals surface area (Å²) in [5, 5.41) is 3.21. The van der Waals surface area contributed by atoms with Crippen molar-refractivity contribution in [2.24, 2.45) is 0 Å². The Morgan fingerprint density at radius 2 is 2.19 bits per heavy atom. The van der Waals surface area contributed by atoms with Crippen molar-refractivity contribution in [2.75, 3.05) is 11.6 Å². The lowest BCUT2D eigenvalue weighted by Gasteiger charge is -2.05. The Balaban J connectivity index is 2.04. The van der Waals surface area contributed by atoms with Gasteiger partial charge in [-0.1, -0.05) is 6.07 Å². The molecular formula is C12H13NO2S. The van der Waals surface area contributed by atoms with E-state index < -0.39 is 10.8 Å². The molecule has 1 heterocycles. The van der Waals surface area contributed by atoms with E-state index in [1.807, 2.05) is 36.4 Å². The number of rotatable bonds is 4. The van der Waals surface area contributed by atoms with Crippen LogP contribution >= 0.6 is 0 Å². The van der Waals surface area contributed by atoms with Gasteiger partial charge in [-0.3, -0.25) is 4.21 Å². The van der Waals surface area contributed by atoms with Crippen molar-refractivity contribution in [1.82, 2.24) is 0 Å². The summed E-state index contributed by atoms with van der Waals surface area (Å²) in [7, 11) is -0.943. The number of nitrogens with one attached hydrogen (secondary N) is 1. The topological polar surface area (TPSA) is 42.2 Å². The highest BCUT2D eigenvalue weighted by molar-refractivity contribution is 7.84. The van der Waals surface area contributed by atoms with Crippen LogP contribution < -0.4 is 5.32 Å². The summed E-state index contributed by atoms with van der Waals surface area (Å²) in [5.41, 5.74) is 0.948. The van der Waals surface area contributed by atoms with Crippen molar-refractivity contribution in [3.8, 4) is 0 Å². The summed E-state index contributed by atoms with van der Waals surface area (Å²) >= 11 is 0. The predicted molar refractivity (Wildman–Crippen MR) is 64.8 cm³/mol. The van der Waals surface area contributed by atoms with Crippen LogP contribution in [-0.4, -0.2) is 10.5 Å². The minimum Gasteiger partial charge on any atom is -0.467 e. The lowest BCUT2D eigenvalue weighted by atomic mass is 10.3. The van der Waals surface area contributed by atoms with Gasteiger partial charge in [-0.15, -0.1) is 0 Å². The summed E-state index contributed by atoms with van der Waals surface area (Å²) in [6, 6.07) is 11.3. The molecule has 0 aliphatic heterocycles. The first-order chi connectivity index (χ1) is 7.75. The molecule has 1 unspecified atom stereocenters. The molecule has 4 heteroatoms. The van der Waals surface area contributed by atoms with E-state index in [2.05, 4.69) is 5.32 Å². The van der Waals surface area contributed by atoms with Gasteiger partial charge in [-0.05, 0) is 30.3 Å². The van der Waals surface area contributed by atoms with Gasteiger partial charge in [-0.2, -0.15) is 0 Å². The lowest BCUT2D eigenvalue weighted by molar-refractivity contribution is 0.518. The largest absolute Gasteiger partial charge is 0.467 e. The van der Waals surface area contributed by atoms with Crippen LogP contribution in [0, 0.1) is 0 Å². The highest BCUT2D eigenvalue weighted by Crippen LogP contribution is 2.14. The van der Waals surface area contributed by atoms with Gasteiger partial charge in [0, 0.05) is 27.6 Å². The van der Waals surface area contributed by atoms with Gasteiger partial charge in [-0.25, -0.2) is 0 Å². The summed E-state index contributed by atoms with van der Waals surface area (Å²) in [4.78, 5) is 0.824. The standard InChI is InChI=1S/C12H13NO2S/c1-16(14)12-6-2-4-10(8-12)13-9-11-5-3-7-15-11/h2-8,13H,9H2,1H3. The first kappa shape index (κ1) is 11.0. The second-order valence-electron chi connectivity index (χ2n) is 3.41. The highest BCUT2D eigenvalue weighted by Gasteiger charge is 2.00. The number of benzene rings is 1. The average Bonchev–Trinajstić information content (AvgIpc) is 2.79. The molecule has 1 N–H and O–H groups in total. The first-order valence-electron chi connectivity index (χ1n) is 4.95. The van der Waals surface area contributed by atoms with Crippen LogP contribution in [0.2, 0.25) is 0 Å². The van der Waals surface area contributed by atoms with Gasteiger partial charge in [0.25, 0.3) is 0 Å². The maximum atomic E-state index is 11.3. The van der Waals surface area contributed by atoms with Crippen LogP contribution in [0.25, 0.3) is 0 Å². The van der Waals surface area contributed by atoms with Crippen LogP contribution in [-0.2, 0) is 17.3 Å². The zero-order valence-electron chi connectivity index (χ0n) is 8.97. The van der Waals surface area contributed by atoms with Crippen LogP contribution in [0.1, 0.15) is 5.76 Å². The van der Waals surface area contributed by atoms with Crippen molar-refractivity contribution in [3.63, 3.8) is 0 Å². The Morgan fingerprint density at radius 1 is 1.31 bits per heavy atom. The molecule has 1 aromatic heterocycles. The van der Waals surface area contributed by atoms with Crippen molar-refractivity contribution < 1.29 is 8.63 Å². The zero-order valence-corrected chi connectivity index (χ0v) is 9.79. The normalized spacial score (nSPS) is 12.3. The van der Waals surface area contributed by atoms with E-state index in [1.54, 1.807) is 12.5 Å². The van der Waals surface area contributed by atoms with Gasteiger partial charge in [0.1, 0.15) is 5.76 Å². The molecule has 2 rings (SSSR count). The van der Waals surface area contributed by atoms with Crippen LogP contribution in [0.15, 0.2) is 52.0 Å². The first-order valence-corrected chi connectivity index (χ1v) is 6.51. The molecule has 0 radical (unpaired) electrons.